The van der Waals surface area contributed by atoms with Crippen LogP contribution in [0.5, 0.6) is 0 Å². The lowest BCUT2D eigenvalue weighted by Gasteiger charge is -2.20. The van der Waals surface area contributed by atoms with Gasteiger partial charge in [0.1, 0.15) is 6.10 Å². The fraction of sp³-hybridized carbons (Fsp3) is 0.107. The summed E-state index contributed by atoms with van der Waals surface area (Å²) in [6, 6.07) is 26.4. The van der Waals surface area contributed by atoms with E-state index < -0.39 is 0 Å². The number of benzene rings is 3. The van der Waals surface area contributed by atoms with E-state index in [1.54, 1.807) is 6.33 Å². The molecule has 5 nitrogen and oxygen atoms in total. The highest BCUT2D eigenvalue weighted by Crippen LogP contribution is 2.35. The van der Waals surface area contributed by atoms with Crippen LogP contribution in [0.3, 0.4) is 0 Å². The molecule has 2 aromatic heterocycles. The first-order valence-electron chi connectivity index (χ1n) is 10.7. The van der Waals surface area contributed by atoms with Crippen LogP contribution in [0.4, 0.5) is 0 Å². The van der Waals surface area contributed by atoms with Crippen LogP contribution in [0.1, 0.15) is 28.5 Å². The number of hydrogen-bond donors (Lipinski definition) is 0. The van der Waals surface area contributed by atoms with Gasteiger partial charge >= 0.3 is 0 Å². The summed E-state index contributed by atoms with van der Waals surface area (Å²) in [4.78, 5) is 8.72. The van der Waals surface area contributed by atoms with Crippen molar-refractivity contribution >= 4 is 35.6 Å². The standard InChI is InChI=1S/C28H22N4O.2ClH/c1-32-19-31-17-27(32)28(33-18-20-7-3-2-4-8-20)21-11-12-22(14-29)25(13-21)26-16-30-15-23-9-5-6-10-24(23)26;;/h2-13,15-17,19,28H,18H2,1H3;2*1H. The molecule has 0 spiro atoms. The van der Waals surface area contributed by atoms with Gasteiger partial charge in [-0.1, -0.05) is 60.7 Å². The Morgan fingerprint density at radius 1 is 0.886 bits per heavy atom. The predicted molar refractivity (Wildman–Crippen MR) is 143 cm³/mol. The number of aryl methyl sites for hydroxylation is 1. The van der Waals surface area contributed by atoms with E-state index in [2.05, 4.69) is 22.1 Å². The first-order valence-corrected chi connectivity index (χ1v) is 10.7. The molecule has 176 valence electrons. The van der Waals surface area contributed by atoms with E-state index in [0.717, 1.165) is 38.7 Å². The zero-order chi connectivity index (χ0) is 22.6. The maximum atomic E-state index is 9.85. The number of aromatic nitrogens is 3. The summed E-state index contributed by atoms with van der Waals surface area (Å²) in [6.07, 6.45) is 6.93. The topological polar surface area (TPSA) is 63.7 Å². The summed E-state index contributed by atoms with van der Waals surface area (Å²) in [7, 11) is 1.96. The third-order valence-corrected chi connectivity index (χ3v) is 5.81. The highest BCUT2D eigenvalue weighted by atomic mass is 35.5. The number of pyridine rings is 1. The second-order valence-corrected chi connectivity index (χ2v) is 7.93. The molecule has 7 heteroatoms. The molecule has 0 fully saturated rings. The number of ether oxygens (including phenoxy) is 1. The SMILES string of the molecule is Cl.Cl.Cn1cncc1C(OCc1ccccc1)c1ccc(C#N)c(-c2cncc3ccccc23)c1. The summed E-state index contributed by atoms with van der Waals surface area (Å²) in [5.74, 6) is 0. The molecular formula is C28H24Cl2N4O. The lowest BCUT2D eigenvalue weighted by molar-refractivity contribution is 0.0622. The average molecular weight is 503 g/mol. The largest absolute Gasteiger partial charge is 0.363 e. The van der Waals surface area contributed by atoms with Gasteiger partial charge < -0.3 is 9.30 Å². The van der Waals surface area contributed by atoms with Crippen molar-refractivity contribution in [1.82, 2.24) is 14.5 Å². The second kappa shape index (κ2) is 11.6. The van der Waals surface area contributed by atoms with Gasteiger partial charge in [-0.3, -0.25) is 4.98 Å². The molecular weight excluding hydrogens is 479 g/mol. The fourth-order valence-corrected chi connectivity index (χ4v) is 4.10. The number of nitriles is 1. The normalized spacial score (nSPS) is 11.2. The van der Waals surface area contributed by atoms with Crippen molar-refractivity contribution < 1.29 is 4.74 Å². The third kappa shape index (κ3) is 5.36. The monoisotopic (exact) mass is 502 g/mol. The predicted octanol–water partition coefficient (Wildman–Crippen LogP) is 6.66. The summed E-state index contributed by atoms with van der Waals surface area (Å²) in [5.41, 5.74) is 5.36. The molecule has 35 heavy (non-hydrogen) atoms. The maximum Gasteiger partial charge on any atom is 0.124 e. The molecule has 0 aliphatic carbocycles. The van der Waals surface area contributed by atoms with Crippen LogP contribution in [0.15, 0.2) is 97.7 Å². The van der Waals surface area contributed by atoms with E-state index in [9.17, 15) is 5.26 Å². The smallest absolute Gasteiger partial charge is 0.124 e. The van der Waals surface area contributed by atoms with Crippen LogP contribution >= 0.6 is 24.8 Å². The quantitative estimate of drug-likeness (QED) is 0.260. The van der Waals surface area contributed by atoms with Gasteiger partial charge in [0.25, 0.3) is 0 Å². The number of nitrogens with zero attached hydrogens (tertiary/aromatic N) is 4. The Morgan fingerprint density at radius 2 is 1.66 bits per heavy atom. The number of imidazole rings is 1. The van der Waals surface area contributed by atoms with Gasteiger partial charge in [0, 0.05) is 36.0 Å². The Hall–Kier alpha value is -3.69. The van der Waals surface area contributed by atoms with E-state index in [1.807, 2.05) is 96.9 Å². The first kappa shape index (κ1) is 25.9. The van der Waals surface area contributed by atoms with Crippen LogP contribution in [-0.2, 0) is 18.4 Å². The molecule has 0 saturated carbocycles. The molecule has 0 radical (unpaired) electrons. The van der Waals surface area contributed by atoms with Gasteiger partial charge in [-0.15, -0.1) is 24.8 Å². The molecule has 0 aliphatic heterocycles. The minimum atomic E-state index is -0.341. The lowest BCUT2D eigenvalue weighted by Crippen LogP contribution is -2.11. The maximum absolute atomic E-state index is 9.85. The number of fused-ring (bicyclic) bond motifs is 1. The Balaban J connectivity index is 0.00000171. The van der Waals surface area contributed by atoms with Gasteiger partial charge in [-0.25, -0.2) is 4.98 Å². The minimum Gasteiger partial charge on any atom is -0.363 e. The Labute approximate surface area is 216 Å². The van der Waals surface area contributed by atoms with Crippen molar-refractivity contribution in [3.63, 3.8) is 0 Å². The molecule has 1 atom stereocenters. The molecule has 5 aromatic rings. The Morgan fingerprint density at radius 3 is 2.40 bits per heavy atom. The van der Waals surface area contributed by atoms with E-state index in [-0.39, 0.29) is 30.9 Å². The zero-order valence-electron chi connectivity index (χ0n) is 19.0. The number of hydrogen-bond acceptors (Lipinski definition) is 4. The van der Waals surface area contributed by atoms with E-state index in [1.165, 1.54) is 0 Å². The molecule has 0 amide bonds. The summed E-state index contributed by atoms with van der Waals surface area (Å²) in [5, 5.41) is 11.9. The summed E-state index contributed by atoms with van der Waals surface area (Å²) < 4.78 is 8.40. The highest BCUT2D eigenvalue weighted by Gasteiger charge is 2.21. The van der Waals surface area contributed by atoms with Crippen molar-refractivity contribution in [3.05, 3.63) is 120 Å². The van der Waals surface area contributed by atoms with Crippen LogP contribution in [0, 0.1) is 11.3 Å². The molecule has 0 N–H and O–H groups in total. The third-order valence-electron chi connectivity index (χ3n) is 5.81. The van der Waals surface area contributed by atoms with Gasteiger partial charge in [-0.2, -0.15) is 5.26 Å². The molecule has 0 saturated heterocycles. The van der Waals surface area contributed by atoms with Gasteiger partial charge in [0.2, 0.25) is 0 Å². The van der Waals surface area contributed by atoms with Crippen molar-refractivity contribution in [1.29, 1.82) is 5.26 Å². The summed E-state index contributed by atoms with van der Waals surface area (Å²) in [6.45, 7) is 0.460. The van der Waals surface area contributed by atoms with Crippen LogP contribution in [0.2, 0.25) is 0 Å². The van der Waals surface area contributed by atoms with Crippen LogP contribution in [-0.4, -0.2) is 14.5 Å². The molecule has 1 unspecified atom stereocenters. The van der Waals surface area contributed by atoms with E-state index in [4.69, 9.17) is 4.74 Å². The van der Waals surface area contributed by atoms with Crippen molar-refractivity contribution in [2.75, 3.05) is 0 Å². The Kier molecular flexibility index (Phi) is 8.62. The lowest BCUT2D eigenvalue weighted by atomic mass is 9.93. The minimum absolute atomic E-state index is 0. The Bertz CT molecular complexity index is 1460. The fourth-order valence-electron chi connectivity index (χ4n) is 4.10. The number of halogens is 2. The second-order valence-electron chi connectivity index (χ2n) is 7.93. The average Bonchev–Trinajstić information content (AvgIpc) is 3.30. The van der Waals surface area contributed by atoms with Crippen molar-refractivity contribution in [3.8, 4) is 17.2 Å². The molecule has 3 aromatic carbocycles. The molecule has 2 heterocycles. The first-order chi connectivity index (χ1) is 16.2. The van der Waals surface area contributed by atoms with Crippen LogP contribution in [0.25, 0.3) is 21.9 Å². The molecule has 0 bridgehead atoms. The van der Waals surface area contributed by atoms with E-state index in [0.29, 0.717) is 12.2 Å². The van der Waals surface area contributed by atoms with Crippen LogP contribution < -0.4 is 0 Å². The molecule has 0 aliphatic rings. The zero-order valence-corrected chi connectivity index (χ0v) is 20.7. The van der Waals surface area contributed by atoms with E-state index >= 15 is 0 Å². The van der Waals surface area contributed by atoms with Gasteiger partial charge in [-0.05, 0) is 28.6 Å². The van der Waals surface area contributed by atoms with Crippen molar-refractivity contribution in [2.24, 2.45) is 7.05 Å². The van der Waals surface area contributed by atoms with Gasteiger partial charge in [0.15, 0.2) is 0 Å². The van der Waals surface area contributed by atoms with Crippen molar-refractivity contribution in [2.45, 2.75) is 12.7 Å². The number of rotatable bonds is 6. The summed E-state index contributed by atoms with van der Waals surface area (Å²) >= 11 is 0. The van der Waals surface area contributed by atoms with Gasteiger partial charge in [0.05, 0.1) is 36.5 Å². The molecule has 5 rings (SSSR count). The highest BCUT2D eigenvalue weighted by molar-refractivity contribution is 5.97.